The number of aliphatic carboxylic acids is 1. The predicted octanol–water partition coefficient (Wildman–Crippen LogP) is 0.399. The molecule has 0 radical (unpaired) electrons. The van der Waals surface area contributed by atoms with E-state index in [0.717, 1.165) is 19.1 Å². The Balaban J connectivity index is 1.51. The molecular weight excluding hydrogens is 232 g/mol. The van der Waals surface area contributed by atoms with Crippen molar-refractivity contribution >= 4 is 5.97 Å². The molecule has 3 aliphatic rings. The Labute approximate surface area is 108 Å². The molecule has 0 aromatic carbocycles. The standard InChI is InChI=1S/C13H22N2O3/c16-13(17)7-12-9-15(5-6-18-12)11-3-4-14(8-11)10-1-2-10/h10-12H,1-9H2,(H,16,17). The molecule has 102 valence electrons. The summed E-state index contributed by atoms with van der Waals surface area (Å²) in [6.45, 7) is 4.81. The lowest BCUT2D eigenvalue weighted by Crippen LogP contribution is -2.49. The highest BCUT2D eigenvalue weighted by atomic mass is 16.5. The van der Waals surface area contributed by atoms with Crippen molar-refractivity contribution < 1.29 is 14.6 Å². The van der Waals surface area contributed by atoms with Crippen LogP contribution < -0.4 is 0 Å². The van der Waals surface area contributed by atoms with Gasteiger partial charge in [0.05, 0.1) is 19.1 Å². The Hall–Kier alpha value is -0.650. The highest BCUT2D eigenvalue weighted by Crippen LogP contribution is 2.31. The molecule has 2 unspecified atom stereocenters. The van der Waals surface area contributed by atoms with Crippen LogP contribution in [0.1, 0.15) is 25.7 Å². The van der Waals surface area contributed by atoms with Crippen molar-refractivity contribution in [3.63, 3.8) is 0 Å². The van der Waals surface area contributed by atoms with E-state index in [0.29, 0.717) is 12.6 Å². The van der Waals surface area contributed by atoms with Crippen LogP contribution in [-0.4, -0.2) is 71.8 Å². The topological polar surface area (TPSA) is 53.0 Å². The average molecular weight is 254 g/mol. The van der Waals surface area contributed by atoms with Crippen molar-refractivity contribution in [2.45, 2.75) is 43.9 Å². The molecule has 2 aliphatic heterocycles. The number of rotatable bonds is 4. The Morgan fingerprint density at radius 3 is 2.61 bits per heavy atom. The van der Waals surface area contributed by atoms with Gasteiger partial charge in [-0.05, 0) is 19.3 Å². The normalized spacial score (nSPS) is 34.9. The fraction of sp³-hybridized carbons (Fsp3) is 0.923. The molecule has 2 heterocycles. The van der Waals surface area contributed by atoms with Crippen LogP contribution in [0.4, 0.5) is 0 Å². The first-order valence-electron chi connectivity index (χ1n) is 7.04. The van der Waals surface area contributed by atoms with Crippen molar-refractivity contribution in [1.82, 2.24) is 9.80 Å². The lowest BCUT2D eigenvalue weighted by Gasteiger charge is -2.36. The second-order valence-electron chi connectivity index (χ2n) is 5.75. The van der Waals surface area contributed by atoms with E-state index in [2.05, 4.69) is 9.80 Å². The monoisotopic (exact) mass is 254 g/mol. The first-order chi connectivity index (χ1) is 8.72. The van der Waals surface area contributed by atoms with Crippen LogP contribution in [0.25, 0.3) is 0 Å². The zero-order chi connectivity index (χ0) is 12.5. The highest BCUT2D eigenvalue weighted by molar-refractivity contribution is 5.67. The van der Waals surface area contributed by atoms with Gasteiger partial charge in [0.1, 0.15) is 0 Å². The maximum Gasteiger partial charge on any atom is 0.306 e. The summed E-state index contributed by atoms with van der Waals surface area (Å²) in [6.07, 6.45) is 3.99. The van der Waals surface area contributed by atoms with Crippen molar-refractivity contribution in [3.05, 3.63) is 0 Å². The van der Waals surface area contributed by atoms with Crippen molar-refractivity contribution in [1.29, 1.82) is 0 Å². The third kappa shape index (κ3) is 2.84. The smallest absolute Gasteiger partial charge is 0.306 e. The molecule has 18 heavy (non-hydrogen) atoms. The van der Waals surface area contributed by atoms with Gasteiger partial charge in [0, 0.05) is 38.3 Å². The van der Waals surface area contributed by atoms with E-state index >= 15 is 0 Å². The average Bonchev–Trinajstić information content (AvgIpc) is 3.07. The minimum atomic E-state index is -0.757. The molecule has 5 heteroatoms. The Bertz CT molecular complexity index is 319. The second kappa shape index (κ2) is 5.15. The molecule has 2 saturated heterocycles. The van der Waals surface area contributed by atoms with Crippen LogP contribution in [-0.2, 0) is 9.53 Å². The maximum atomic E-state index is 10.7. The lowest BCUT2D eigenvalue weighted by atomic mass is 10.1. The lowest BCUT2D eigenvalue weighted by molar-refractivity contribution is -0.142. The number of nitrogens with zero attached hydrogens (tertiary/aromatic N) is 2. The van der Waals surface area contributed by atoms with Gasteiger partial charge >= 0.3 is 5.97 Å². The number of hydrogen-bond donors (Lipinski definition) is 1. The summed E-state index contributed by atoms with van der Waals surface area (Å²) < 4.78 is 5.53. The Morgan fingerprint density at radius 2 is 1.89 bits per heavy atom. The van der Waals surface area contributed by atoms with E-state index in [1.54, 1.807) is 0 Å². The van der Waals surface area contributed by atoms with Crippen LogP contribution >= 0.6 is 0 Å². The van der Waals surface area contributed by atoms with Crippen molar-refractivity contribution in [2.24, 2.45) is 0 Å². The van der Waals surface area contributed by atoms with Crippen LogP contribution in [0.15, 0.2) is 0 Å². The summed E-state index contributed by atoms with van der Waals surface area (Å²) in [6, 6.07) is 1.47. The second-order valence-corrected chi connectivity index (χ2v) is 5.75. The molecule has 1 aliphatic carbocycles. The number of morpholine rings is 1. The molecule has 0 aromatic rings. The summed E-state index contributed by atoms with van der Waals surface area (Å²) in [7, 11) is 0. The van der Waals surface area contributed by atoms with Crippen LogP contribution in [0.3, 0.4) is 0 Å². The van der Waals surface area contributed by atoms with Gasteiger partial charge < -0.3 is 9.84 Å². The molecule has 1 N–H and O–H groups in total. The molecule has 0 aromatic heterocycles. The summed E-state index contributed by atoms with van der Waals surface area (Å²) in [5.41, 5.74) is 0. The quantitative estimate of drug-likeness (QED) is 0.787. The Morgan fingerprint density at radius 1 is 1.11 bits per heavy atom. The van der Waals surface area contributed by atoms with Crippen LogP contribution in [0, 0.1) is 0 Å². The molecule has 2 atom stereocenters. The first-order valence-corrected chi connectivity index (χ1v) is 7.04. The van der Waals surface area contributed by atoms with Crippen molar-refractivity contribution in [2.75, 3.05) is 32.8 Å². The minimum Gasteiger partial charge on any atom is -0.481 e. The largest absolute Gasteiger partial charge is 0.481 e. The minimum absolute atomic E-state index is 0.119. The number of hydrogen-bond acceptors (Lipinski definition) is 4. The summed E-state index contributed by atoms with van der Waals surface area (Å²) in [5, 5.41) is 8.83. The molecule has 0 spiro atoms. The molecule has 0 amide bonds. The van der Waals surface area contributed by atoms with E-state index < -0.39 is 5.97 Å². The fourth-order valence-corrected chi connectivity index (χ4v) is 3.23. The fourth-order valence-electron chi connectivity index (χ4n) is 3.23. The van der Waals surface area contributed by atoms with Gasteiger partial charge in [-0.1, -0.05) is 0 Å². The van der Waals surface area contributed by atoms with E-state index in [4.69, 9.17) is 9.84 Å². The molecule has 3 rings (SSSR count). The van der Waals surface area contributed by atoms with Crippen molar-refractivity contribution in [3.8, 4) is 0 Å². The Kier molecular flexibility index (Phi) is 3.54. The van der Waals surface area contributed by atoms with E-state index in [9.17, 15) is 4.79 Å². The van der Waals surface area contributed by atoms with Gasteiger partial charge in [-0.3, -0.25) is 14.6 Å². The SMILES string of the molecule is O=C(O)CC1CN(C2CCN(C3CC3)C2)CCO1. The molecule has 5 nitrogen and oxygen atoms in total. The zero-order valence-corrected chi connectivity index (χ0v) is 10.8. The summed E-state index contributed by atoms with van der Waals surface area (Å²) in [5.74, 6) is -0.757. The number of carboxylic acid groups (broad SMARTS) is 1. The number of carbonyl (C=O) groups is 1. The van der Waals surface area contributed by atoms with Gasteiger partial charge in [-0.15, -0.1) is 0 Å². The molecular formula is C13H22N2O3. The van der Waals surface area contributed by atoms with Gasteiger partial charge in [0.15, 0.2) is 0 Å². The van der Waals surface area contributed by atoms with E-state index in [-0.39, 0.29) is 12.5 Å². The summed E-state index contributed by atoms with van der Waals surface area (Å²) in [4.78, 5) is 15.8. The third-order valence-corrected chi connectivity index (χ3v) is 4.35. The first kappa shape index (κ1) is 12.4. The van der Waals surface area contributed by atoms with Gasteiger partial charge in [0.25, 0.3) is 0 Å². The predicted molar refractivity (Wildman–Crippen MR) is 66.6 cm³/mol. The molecule has 0 bridgehead atoms. The van der Waals surface area contributed by atoms with E-state index in [1.807, 2.05) is 0 Å². The van der Waals surface area contributed by atoms with Gasteiger partial charge in [-0.2, -0.15) is 0 Å². The molecule has 1 saturated carbocycles. The van der Waals surface area contributed by atoms with Gasteiger partial charge in [0.2, 0.25) is 0 Å². The highest BCUT2D eigenvalue weighted by Gasteiger charge is 2.37. The summed E-state index contributed by atoms with van der Waals surface area (Å²) >= 11 is 0. The van der Waals surface area contributed by atoms with Gasteiger partial charge in [-0.25, -0.2) is 0 Å². The number of ether oxygens (including phenoxy) is 1. The number of likely N-dealkylation sites (tertiary alicyclic amines) is 1. The van der Waals surface area contributed by atoms with Crippen LogP contribution in [0.5, 0.6) is 0 Å². The van der Waals surface area contributed by atoms with E-state index in [1.165, 1.54) is 32.4 Å². The third-order valence-electron chi connectivity index (χ3n) is 4.35. The molecule has 3 fully saturated rings. The van der Waals surface area contributed by atoms with Crippen LogP contribution in [0.2, 0.25) is 0 Å². The maximum absolute atomic E-state index is 10.7. The zero-order valence-electron chi connectivity index (χ0n) is 10.8. The number of carboxylic acids is 1.